The molecule has 1 N–H and O–H groups in total. The minimum absolute atomic E-state index is 0.297. The minimum Gasteiger partial charge on any atom is -0.477 e. The number of rotatable bonds is 3. The largest absolute Gasteiger partial charge is 0.477 e. The molecular weight excluding hydrogens is 453 g/mol. The van der Waals surface area contributed by atoms with Crippen LogP contribution in [0.2, 0.25) is 10.0 Å². The van der Waals surface area contributed by atoms with Gasteiger partial charge in [0.1, 0.15) is 38.9 Å². The Kier molecular flexibility index (Phi) is 7.41. The molecule has 152 valence electrons. The van der Waals surface area contributed by atoms with Crippen molar-refractivity contribution >= 4 is 40.5 Å². The smallest absolute Gasteiger partial charge is 0.342 e. The standard InChI is InChI=1S/C7HClF2N2O2.C7H2ClF2NO4/c8-5-4(9)1-3(2-11)7(6(5)10)12(13)14;8-4-3(9)1-2(7(12)13)6(5(4)10)11(14)15/h1H;1H,(H,12,13). The molecule has 0 aliphatic rings. The Hall–Kier alpha value is -3.50. The number of halogens is 6. The number of carboxylic acid groups (broad SMARTS) is 1. The van der Waals surface area contributed by atoms with Crippen LogP contribution in [0.15, 0.2) is 12.1 Å². The average molecular weight is 456 g/mol. The van der Waals surface area contributed by atoms with E-state index in [0.717, 1.165) is 0 Å². The van der Waals surface area contributed by atoms with Gasteiger partial charge in [0, 0.05) is 6.07 Å². The first-order valence-electron chi connectivity index (χ1n) is 6.62. The molecule has 0 radical (unpaired) electrons. The van der Waals surface area contributed by atoms with E-state index < -0.39 is 71.6 Å². The van der Waals surface area contributed by atoms with Gasteiger partial charge in [0.15, 0.2) is 0 Å². The molecule has 0 unspecified atom stereocenters. The molecule has 2 rings (SSSR count). The highest BCUT2D eigenvalue weighted by molar-refractivity contribution is 6.31. The molecule has 0 bridgehead atoms. The molecule has 0 aromatic heterocycles. The van der Waals surface area contributed by atoms with E-state index in [4.69, 9.17) is 33.6 Å². The van der Waals surface area contributed by atoms with Gasteiger partial charge < -0.3 is 5.11 Å². The lowest BCUT2D eigenvalue weighted by atomic mass is 10.1. The van der Waals surface area contributed by atoms with Gasteiger partial charge in [0.05, 0.1) is 9.85 Å². The normalized spacial score (nSPS) is 9.83. The molecule has 0 heterocycles. The summed E-state index contributed by atoms with van der Waals surface area (Å²) in [6.07, 6.45) is 0. The summed E-state index contributed by atoms with van der Waals surface area (Å²) in [5.41, 5.74) is -4.25. The third kappa shape index (κ3) is 4.86. The molecule has 0 saturated heterocycles. The van der Waals surface area contributed by atoms with E-state index in [1.165, 1.54) is 6.07 Å². The lowest BCUT2D eigenvalue weighted by molar-refractivity contribution is -0.388. The van der Waals surface area contributed by atoms with Gasteiger partial charge >= 0.3 is 17.3 Å². The molecule has 0 aliphatic carbocycles. The number of benzene rings is 2. The van der Waals surface area contributed by atoms with Crippen molar-refractivity contribution in [2.45, 2.75) is 0 Å². The van der Waals surface area contributed by atoms with Crippen molar-refractivity contribution < 1.29 is 37.3 Å². The van der Waals surface area contributed by atoms with E-state index in [-0.39, 0.29) is 0 Å². The predicted molar refractivity (Wildman–Crippen MR) is 87.7 cm³/mol. The van der Waals surface area contributed by atoms with Crippen LogP contribution in [-0.2, 0) is 0 Å². The number of nitro groups is 2. The zero-order chi connectivity index (χ0) is 22.6. The highest BCUT2D eigenvalue weighted by atomic mass is 35.5. The van der Waals surface area contributed by atoms with Crippen molar-refractivity contribution in [3.8, 4) is 6.07 Å². The lowest BCUT2D eigenvalue weighted by Crippen LogP contribution is -2.06. The Morgan fingerprint density at radius 2 is 1.38 bits per heavy atom. The summed E-state index contributed by atoms with van der Waals surface area (Å²) < 4.78 is 51.6. The Labute approximate surface area is 166 Å². The van der Waals surface area contributed by atoms with Crippen LogP contribution in [0.4, 0.5) is 28.9 Å². The number of nitrogens with zero attached hydrogens (tertiary/aromatic N) is 3. The first kappa shape index (κ1) is 23.5. The van der Waals surface area contributed by atoms with E-state index in [9.17, 15) is 42.6 Å². The molecule has 0 atom stereocenters. The van der Waals surface area contributed by atoms with Crippen LogP contribution in [0.1, 0.15) is 15.9 Å². The second kappa shape index (κ2) is 9.13. The van der Waals surface area contributed by atoms with Gasteiger partial charge in [-0.25, -0.2) is 13.6 Å². The van der Waals surface area contributed by atoms with Crippen molar-refractivity contribution in [3.05, 3.63) is 76.8 Å². The summed E-state index contributed by atoms with van der Waals surface area (Å²) in [5, 5.41) is 35.4. The van der Waals surface area contributed by atoms with Gasteiger partial charge in [0.25, 0.3) is 0 Å². The SMILES string of the molecule is N#Cc1cc(F)c(Cl)c(F)c1[N+](=O)[O-].O=C(O)c1cc(F)c(Cl)c(F)c1[N+](=O)[O-]. The van der Waals surface area contributed by atoms with E-state index in [2.05, 4.69) is 0 Å². The molecular formula is C14H3Cl2F4N3O6. The summed E-state index contributed by atoms with van der Waals surface area (Å²) in [7, 11) is 0. The number of nitro benzene ring substituents is 2. The van der Waals surface area contributed by atoms with Crippen molar-refractivity contribution in [3.63, 3.8) is 0 Å². The Balaban J connectivity index is 0.000000291. The van der Waals surface area contributed by atoms with Crippen molar-refractivity contribution in [2.24, 2.45) is 0 Å². The van der Waals surface area contributed by atoms with Gasteiger partial charge in [-0.3, -0.25) is 20.2 Å². The van der Waals surface area contributed by atoms with E-state index in [1.54, 1.807) is 0 Å². The fraction of sp³-hybridized carbons (Fsp3) is 0. The van der Waals surface area contributed by atoms with Crippen LogP contribution in [-0.4, -0.2) is 20.9 Å². The minimum atomic E-state index is -1.81. The summed E-state index contributed by atoms with van der Waals surface area (Å²) in [6.45, 7) is 0. The molecule has 0 saturated carbocycles. The van der Waals surface area contributed by atoms with E-state index >= 15 is 0 Å². The summed E-state index contributed by atoms with van der Waals surface area (Å²) in [6, 6.07) is 2.12. The van der Waals surface area contributed by atoms with E-state index in [0.29, 0.717) is 12.1 Å². The Morgan fingerprint density at radius 1 is 0.966 bits per heavy atom. The molecule has 29 heavy (non-hydrogen) atoms. The number of nitriles is 1. The first-order chi connectivity index (χ1) is 13.3. The second-order valence-electron chi connectivity index (χ2n) is 4.70. The van der Waals surface area contributed by atoms with Gasteiger partial charge in [-0.2, -0.15) is 14.0 Å². The number of hydrogen-bond acceptors (Lipinski definition) is 6. The van der Waals surface area contributed by atoms with Crippen LogP contribution in [0.25, 0.3) is 0 Å². The van der Waals surface area contributed by atoms with Crippen molar-refractivity contribution in [2.75, 3.05) is 0 Å². The average Bonchev–Trinajstić information content (AvgIpc) is 2.63. The molecule has 2 aromatic carbocycles. The molecule has 2 aromatic rings. The maximum atomic E-state index is 13.1. The molecule has 0 aliphatic heterocycles. The summed E-state index contributed by atoms with van der Waals surface area (Å²) >= 11 is 10.1. The zero-order valence-electron chi connectivity index (χ0n) is 13.3. The summed E-state index contributed by atoms with van der Waals surface area (Å²) in [4.78, 5) is 28.7. The predicted octanol–water partition coefficient (Wildman–Crippen LogP) is 4.62. The van der Waals surface area contributed by atoms with Gasteiger partial charge in [-0.05, 0) is 6.07 Å². The van der Waals surface area contributed by atoms with Gasteiger partial charge in [-0.1, -0.05) is 23.2 Å². The van der Waals surface area contributed by atoms with Crippen molar-refractivity contribution in [1.29, 1.82) is 5.26 Å². The van der Waals surface area contributed by atoms with E-state index in [1.807, 2.05) is 0 Å². The van der Waals surface area contributed by atoms with Crippen LogP contribution < -0.4 is 0 Å². The molecule has 0 spiro atoms. The first-order valence-corrected chi connectivity index (χ1v) is 7.37. The van der Waals surface area contributed by atoms with Crippen LogP contribution in [0.3, 0.4) is 0 Å². The number of carboxylic acids is 1. The second-order valence-corrected chi connectivity index (χ2v) is 5.45. The Bertz CT molecular complexity index is 1090. The van der Waals surface area contributed by atoms with Gasteiger partial charge in [-0.15, -0.1) is 0 Å². The topological polar surface area (TPSA) is 147 Å². The number of carbonyl (C=O) groups is 1. The third-order valence-electron chi connectivity index (χ3n) is 2.99. The molecule has 0 fully saturated rings. The molecule has 0 amide bonds. The fourth-order valence-corrected chi connectivity index (χ4v) is 2.06. The number of aromatic carboxylic acids is 1. The zero-order valence-corrected chi connectivity index (χ0v) is 14.8. The molecule has 9 nitrogen and oxygen atoms in total. The van der Waals surface area contributed by atoms with Crippen LogP contribution >= 0.6 is 23.2 Å². The highest BCUT2D eigenvalue weighted by Gasteiger charge is 2.30. The third-order valence-corrected chi connectivity index (χ3v) is 3.68. The lowest BCUT2D eigenvalue weighted by Gasteiger charge is -2.01. The highest BCUT2D eigenvalue weighted by Crippen LogP contribution is 2.31. The Morgan fingerprint density at radius 3 is 1.76 bits per heavy atom. The van der Waals surface area contributed by atoms with Crippen molar-refractivity contribution in [1.82, 2.24) is 0 Å². The summed E-state index contributed by atoms with van der Waals surface area (Å²) in [5.74, 6) is -7.60. The fourth-order valence-electron chi connectivity index (χ4n) is 1.78. The maximum Gasteiger partial charge on any atom is 0.342 e. The monoisotopic (exact) mass is 455 g/mol. The quantitative estimate of drug-likeness (QED) is 0.307. The molecule has 15 heteroatoms. The maximum absolute atomic E-state index is 13.1. The van der Waals surface area contributed by atoms with Crippen LogP contribution in [0, 0.1) is 54.8 Å². The van der Waals surface area contributed by atoms with Crippen LogP contribution in [0.5, 0.6) is 0 Å². The van der Waals surface area contributed by atoms with Gasteiger partial charge in [0.2, 0.25) is 11.6 Å². The number of hydrogen-bond donors (Lipinski definition) is 1.